The maximum atomic E-state index is 12.8. The molecule has 0 aliphatic carbocycles. The molecule has 0 bridgehead atoms. The van der Waals surface area contributed by atoms with E-state index in [-0.39, 0.29) is 11.3 Å². The van der Waals surface area contributed by atoms with Crippen molar-refractivity contribution in [3.63, 3.8) is 0 Å². The number of rotatable bonds is 1. The summed E-state index contributed by atoms with van der Waals surface area (Å²) in [6, 6.07) is 5.08. The smallest absolute Gasteiger partial charge is 0.255 e. The molecule has 3 rings (SSSR count). The highest BCUT2D eigenvalue weighted by Gasteiger charge is 2.38. The molecule has 1 aromatic rings. The van der Waals surface area contributed by atoms with E-state index in [1.807, 2.05) is 4.90 Å². The Morgan fingerprint density at radius 3 is 2.81 bits per heavy atom. The maximum absolute atomic E-state index is 12.8. The Morgan fingerprint density at radius 1 is 1.24 bits per heavy atom. The third kappa shape index (κ3) is 3.20. The Bertz CT molecular complexity index is 536. The molecule has 1 spiro atoms. The van der Waals surface area contributed by atoms with Crippen LogP contribution in [0.1, 0.15) is 36.0 Å². The normalized spacial score (nSPS) is 26.1. The second-order valence-electron chi connectivity index (χ2n) is 6.23. The van der Waals surface area contributed by atoms with Gasteiger partial charge in [-0.2, -0.15) is 0 Å². The predicted octanol–water partition coefficient (Wildman–Crippen LogP) is 3.60. The lowest BCUT2D eigenvalue weighted by Crippen LogP contribution is -2.52. The molecule has 2 aliphatic rings. The van der Waals surface area contributed by atoms with Crippen LogP contribution in [0.2, 0.25) is 10.0 Å². The Labute approximate surface area is 135 Å². The van der Waals surface area contributed by atoms with Crippen molar-refractivity contribution in [1.29, 1.82) is 0 Å². The number of hydrogen-bond donors (Lipinski definition) is 1. The minimum Gasteiger partial charge on any atom is -0.338 e. The second kappa shape index (κ2) is 6.15. The number of amides is 1. The SMILES string of the molecule is O=C(c1cc(Cl)ccc1Cl)N1CCCC2(CCCNC2)C1. The molecule has 2 fully saturated rings. The molecule has 1 amide bonds. The van der Waals surface area contributed by atoms with Crippen molar-refractivity contribution in [2.24, 2.45) is 5.41 Å². The summed E-state index contributed by atoms with van der Waals surface area (Å²) in [6.45, 7) is 3.74. The largest absolute Gasteiger partial charge is 0.338 e. The van der Waals surface area contributed by atoms with Crippen molar-refractivity contribution in [1.82, 2.24) is 10.2 Å². The van der Waals surface area contributed by atoms with Gasteiger partial charge in [-0.15, -0.1) is 0 Å². The standard InChI is InChI=1S/C16H20Cl2N2O/c17-12-3-4-14(18)13(9-12)15(21)20-8-2-6-16(11-20)5-1-7-19-10-16/h3-4,9,19H,1-2,5-8,10-11H2. The number of nitrogens with one attached hydrogen (secondary N) is 1. The van der Waals surface area contributed by atoms with E-state index in [0.717, 1.165) is 32.6 Å². The summed E-state index contributed by atoms with van der Waals surface area (Å²) in [5.41, 5.74) is 0.766. The van der Waals surface area contributed by atoms with E-state index in [9.17, 15) is 4.79 Å². The van der Waals surface area contributed by atoms with E-state index < -0.39 is 0 Å². The molecule has 2 heterocycles. The number of carbonyl (C=O) groups excluding carboxylic acids is 1. The van der Waals surface area contributed by atoms with Gasteiger partial charge in [0.15, 0.2) is 0 Å². The van der Waals surface area contributed by atoms with Crippen LogP contribution in [-0.4, -0.2) is 37.0 Å². The van der Waals surface area contributed by atoms with Crippen LogP contribution in [0, 0.1) is 5.41 Å². The Balaban J connectivity index is 1.79. The number of carbonyl (C=O) groups is 1. The molecular formula is C16H20Cl2N2O. The summed E-state index contributed by atoms with van der Waals surface area (Å²) >= 11 is 12.2. The van der Waals surface area contributed by atoms with Crippen molar-refractivity contribution < 1.29 is 4.79 Å². The van der Waals surface area contributed by atoms with Crippen LogP contribution in [0.15, 0.2) is 18.2 Å². The fraction of sp³-hybridized carbons (Fsp3) is 0.562. The Morgan fingerprint density at radius 2 is 2.05 bits per heavy atom. The monoisotopic (exact) mass is 326 g/mol. The molecule has 0 radical (unpaired) electrons. The van der Waals surface area contributed by atoms with Crippen molar-refractivity contribution in [3.05, 3.63) is 33.8 Å². The second-order valence-corrected chi connectivity index (χ2v) is 7.08. The Kier molecular flexibility index (Phi) is 4.43. The Hall–Kier alpha value is -0.770. The van der Waals surface area contributed by atoms with E-state index in [2.05, 4.69) is 5.32 Å². The zero-order valence-electron chi connectivity index (χ0n) is 12.0. The summed E-state index contributed by atoms with van der Waals surface area (Å²) < 4.78 is 0. The van der Waals surface area contributed by atoms with Gasteiger partial charge in [0.2, 0.25) is 0 Å². The molecule has 21 heavy (non-hydrogen) atoms. The summed E-state index contributed by atoms with van der Waals surface area (Å²) in [6.07, 6.45) is 4.66. The van der Waals surface area contributed by atoms with Crippen LogP contribution in [0.3, 0.4) is 0 Å². The fourth-order valence-corrected chi connectivity index (χ4v) is 3.96. The van der Waals surface area contributed by atoms with E-state index in [0.29, 0.717) is 15.6 Å². The van der Waals surface area contributed by atoms with Gasteiger partial charge in [0.05, 0.1) is 10.6 Å². The number of nitrogens with zero attached hydrogens (tertiary/aromatic N) is 1. The first kappa shape index (κ1) is 15.1. The van der Waals surface area contributed by atoms with Crippen LogP contribution in [0.25, 0.3) is 0 Å². The van der Waals surface area contributed by atoms with Gasteiger partial charge in [-0.1, -0.05) is 23.2 Å². The van der Waals surface area contributed by atoms with Gasteiger partial charge < -0.3 is 10.2 Å². The van der Waals surface area contributed by atoms with Crippen LogP contribution < -0.4 is 5.32 Å². The number of likely N-dealkylation sites (tertiary alicyclic amines) is 1. The predicted molar refractivity (Wildman–Crippen MR) is 86.1 cm³/mol. The molecule has 1 aromatic carbocycles. The quantitative estimate of drug-likeness (QED) is 0.855. The molecule has 0 saturated carbocycles. The number of piperidine rings is 2. The average Bonchev–Trinajstić information content (AvgIpc) is 2.50. The first-order valence-corrected chi connectivity index (χ1v) is 8.30. The first-order chi connectivity index (χ1) is 10.1. The lowest BCUT2D eigenvalue weighted by molar-refractivity contribution is 0.0434. The molecular weight excluding hydrogens is 307 g/mol. The van der Waals surface area contributed by atoms with Crippen LogP contribution in [0.5, 0.6) is 0 Å². The maximum Gasteiger partial charge on any atom is 0.255 e. The molecule has 114 valence electrons. The zero-order chi connectivity index (χ0) is 14.9. The van der Waals surface area contributed by atoms with Gasteiger partial charge >= 0.3 is 0 Å². The molecule has 1 atom stereocenters. The molecule has 2 saturated heterocycles. The highest BCUT2D eigenvalue weighted by atomic mass is 35.5. The number of hydrogen-bond acceptors (Lipinski definition) is 2. The van der Waals surface area contributed by atoms with Gasteiger partial charge in [-0.3, -0.25) is 4.79 Å². The van der Waals surface area contributed by atoms with Crippen LogP contribution in [-0.2, 0) is 0 Å². The van der Waals surface area contributed by atoms with E-state index in [1.165, 1.54) is 19.3 Å². The van der Waals surface area contributed by atoms with Crippen molar-refractivity contribution >= 4 is 29.1 Å². The molecule has 2 aliphatic heterocycles. The summed E-state index contributed by atoms with van der Waals surface area (Å²) in [5, 5.41) is 4.51. The molecule has 1 unspecified atom stereocenters. The number of benzene rings is 1. The summed E-state index contributed by atoms with van der Waals surface area (Å²) in [4.78, 5) is 14.7. The fourth-order valence-electron chi connectivity index (χ4n) is 3.59. The lowest BCUT2D eigenvalue weighted by atomic mass is 9.74. The topological polar surface area (TPSA) is 32.3 Å². The van der Waals surface area contributed by atoms with Crippen molar-refractivity contribution in [2.45, 2.75) is 25.7 Å². The van der Waals surface area contributed by atoms with Gasteiger partial charge in [0.1, 0.15) is 0 Å². The van der Waals surface area contributed by atoms with Crippen LogP contribution >= 0.6 is 23.2 Å². The minimum atomic E-state index is 0.00662. The summed E-state index contributed by atoms with van der Waals surface area (Å²) in [7, 11) is 0. The molecule has 0 aromatic heterocycles. The first-order valence-electron chi connectivity index (χ1n) is 7.55. The zero-order valence-corrected chi connectivity index (χ0v) is 13.5. The highest BCUT2D eigenvalue weighted by Crippen LogP contribution is 2.36. The molecule has 1 N–H and O–H groups in total. The average molecular weight is 327 g/mol. The third-order valence-corrected chi connectivity index (χ3v) is 5.23. The highest BCUT2D eigenvalue weighted by molar-refractivity contribution is 6.35. The minimum absolute atomic E-state index is 0.00662. The van der Waals surface area contributed by atoms with E-state index in [4.69, 9.17) is 23.2 Å². The van der Waals surface area contributed by atoms with E-state index in [1.54, 1.807) is 18.2 Å². The third-order valence-electron chi connectivity index (χ3n) is 4.67. The van der Waals surface area contributed by atoms with Crippen LogP contribution in [0.4, 0.5) is 0 Å². The van der Waals surface area contributed by atoms with Gasteiger partial charge in [-0.05, 0) is 50.4 Å². The van der Waals surface area contributed by atoms with Crippen molar-refractivity contribution in [2.75, 3.05) is 26.2 Å². The molecule has 5 heteroatoms. The van der Waals surface area contributed by atoms with Gasteiger partial charge in [-0.25, -0.2) is 0 Å². The molecule has 3 nitrogen and oxygen atoms in total. The van der Waals surface area contributed by atoms with Gasteiger partial charge in [0.25, 0.3) is 5.91 Å². The van der Waals surface area contributed by atoms with E-state index >= 15 is 0 Å². The summed E-state index contributed by atoms with van der Waals surface area (Å²) in [5.74, 6) is 0.00662. The van der Waals surface area contributed by atoms with Crippen molar-refractivity contribution in [3.8, 4) is 0 Å². The number of halogens is 2. The lowest BCUT2D eigenvalue weighted by Gasteiger charge is -2.45. The van der Waals surface area contributed by atoms with Gasteiger partial charge in [0, 0.05) is 30.1 Å².